The first-order valence-electron chi connectivity index (χ1n) is 6.85. The normalized spacial score (nSPS) is 17.8. The maximum atomic E-state index is 11.4. The van der Waals surface area contributed by atoms with Gasteiger partial charge in [-0.1, -0.05) is 30.8 Å². The molecule has 116 valence electrons. The summed E-state index contributed by atoms with van der Waals surface area (Å²) in [5, 5.41) is 8.42. The Labute approximate surface area is 133 Å². The molecule has 1 aliphatic heterocycles. The molecule has 0 saturated carbocycles. The maximum Gasteiger partial charge on any atom is 0.252 e. The standard InChI is InChI=1S/C16H18ClN3O2/c1-3-10-5-6-12(22-14(10)4-2)9-20-8-11(17)7-13(15(20)18)16(19)21/h3-4,7-8,12,18H,1-2,5-6,9H2,(H2,19,21)/t12-/m1/s1. The maximum absolute atomic E-state index is 11.4. The van der Waals surface area contributed by atoms with Gasteiger partial charge in [-0.25, -0.2) is 0 Å². The number of aromatic nitrogens is 1. The van der Waals surface area contributed by atoms with Crippen LogP contribution in [0.5, 0.6) is 0 Å². The minimum Gasteiger partial charge on any atom is -0.488 e. The van der Waals surface area contributed by atoms with E-state index in [1.807, 2.05) is 0 Å². The molecule has 0 bridgehead atoms. The zero-order valence-electron chi connectivity index (χ0n) is 12.1. The highest BCUT2D eigenvalue weighted by Gasteiger charge is 2.20. The van der Waals surface area contributed by atoms with E-state index in [-0.39, 0.29) is 17.2 Å². The van der Waals surface area contributed by atoms with Gasteiger partial charge in [0.15, 0.2) is 0 Å². The van der Waals surface area contributed by atoms with Crippen molar-refractivity contribution in [1.29, 1.82) is 5.41 Å². The van der Waals surface area contributed by atoms with Gasteiger partial charge in [-0.15, -0.1) is 0 Å². The quantitative estimate of drug-likeness (QED) is 0.874. The van der Waals surface area contributed by atoms with Gasteiger partial charge in [-0.2, -0.15) is 0 Å². The largest absolute Gasteiger partial charge is 0.488 e. The number of nitrogens with zero attached hydrogens (tertiary/aromatic N) is 1. The number of nitrogens with one attached hydrogen (secondary N) is 1. The molecule has 2 rings (SSSR count). The Bertz CT molecular complexity index is 719. The molecule has 1 atom stereocenters. The van der Waals surface area contributed by atoms with E-state index in [0.29, 0.717) is 17.3 Å². The number of primary amides is 1. The topological polar surface area (TPSA) is 81.1 Å². The second kappa shape index (κ2) is 6.66. The molecule has 0 spiro atoms. The molecule has 6 heteroatoms. The van der Waals surface area contributed by atoms with Crippen molar-refractivity contribution >= 4 is 17.5 Å². The number of carbonyl (C=O) groups excluding carboxylic acids is 1. The lowest BCUT2D eigenvalue weighted by molar-refractivity contribution is 0.0846. The average Bonchev–Trinajstić information content (AvgIpc) is 2.50. The second-order valence-electron chi connectivity index (χ2n) is 5.01. The fraction of sp³-hybridized carbons (Fsp3) is 0.250. The van der Waals surface area contributed by atoms with E-state index in [1.54, 1.807) is 22.9 Å². The Morgan fingerprint density at radius 2 is 2.27 bits per heavy atom. The molecule has 1 aromatic heterocycles. The summed E-state index contributed by atoms with van der Waals surface area (Å²) in [5.74, 6) is 0.0296. The van der Waals surface area contributed by atoms with Crippen molar-refractivity contribution in [3.8, 4) is 0 Å². The van der Waals surface area contributed by atoms with Gasteiger partial charge in [0, 0.05) is 6.20 Å². The lowest BCUT2D eigenvalue weighted by Gasteiger charge is -2.27. The average molecular weight is 320 g/mol. The fourth-order valence-electron chi connectivity index (χ4n) is 2.43. The third-order valence-electron chi connectivity index (χ3n) is 3.55. The molecular weight excluding hydrogens is 302 g/mol. The van der Waals surface area contributed by atoms with Gasteiger partial charge in [-0.3, -0.25) is 10.2 Å². The summed E-state index contributed by atoms with van der Waals surface area (Å²) in [4.78, 5) is 11.4. The second-order valence-corrected chi connectivity index (χ2v) is 5.45. The third kappa shape index (κ3) is 3.31. The zero-order chi connectivity index (χ0) is 16.3. The lowest BCUT2D eigenvalue weighted by Crippen LogP contribution is -2.34. The van der Waals surface area contributed by atoms with Crippen LogP contribution >= 0.6 is 11.6 Å². The first-order valence-corrected chi connectivity index (χ1v) is 7.23. The molecule has 3 N–H and O–H groups in total. The third-order valence-corrected chi connectivity index (χ3v) is 3.75. The molecule has 5 nitrogen and oxygen atoms in total. The number of hydrogen-bond acceptors (Lipinski definition) is 3. The number of halogens is 1. The van der Waals surface area contributed by atoms with Gasteiger partial charge >= 0.3 is 0 Å². The minimum atomic E-state index is -0.675. The molecule has 0 aliphatic carbocycles. The van der Waals surface area contributed by atoms with Crippen molar-refractivity contribution in [2.45, 2.75) is 25.5 Å². The van der Waals surface area contributed by atoms with Gasteiger partial charge in [0.2, 0.25) is 0 Å². The molecular formula is C16H18ClN3O2. The predicted molar refractivity (Wildman–Crippen MR) is 85.3 cm³/mol. The van der Waals surface area contributed by atoms with Crippen LogP contribution in [0.2, 0.25) is 5.02 Å². The molecule has 1 aliphatic rings. The van der Waals surface area contributed by atoms with Crippen LogP contribution in [0.1, 0.15) is 23.2 Å². The van der Waals surface area contributed by atoms with Gasteiger partial charge in [0.05, 0.1) is 17.1 Å². The van der Waals surface area contributed by atoms with Crippen LogP contribution in [0.4, 0.5) is 0 Å². The number of carbonyl (C=O) groups is 1. The SMILES string of the molecule is C=CC1=C(C=C)O[C@@H](Cn2cc(Cl)cc(C(N)=O)c2=N)CC1. The Hall–Kier alpha value is -2.27. The van der Waals surface area contributed by atoms with Crippen LogP contribution in [-0.2, 0) is 11.3 Å². The number of rotatable bonds is 5. The van der Waals surface area contributed by atoms with Gasteiger partial charge in [0.25, 0.3) is 5.91 Å². The van der Waals surface area contributed by atoms with E-state index in [4.69, 9.17) is 27.5 Å². The van der Waals surface area contributed by atoms with E-state index in [0.717, 1.165) is 18.4 Å². The molecule has 0 unspecified atom stereocenters. The number of allylic oxidation sites excluding steroid dienone is 3. The Morgan fingerprint density at radius 1 is 1.55 bits per heavy atom. The van der Waals surface area contributed by atoms with E-state index in [1.165, 1.54) is 6.07 Å². The zero-order valence-corrected chi connectivity index (χ0v) is 12.9. The van der Waals surface area contributed by atoms with E-state index in [2.05, 4.69) is 13.2 Å². The number of amides is 1. The lowest BCUT2D eigenvalue weighted by atomic mass is 10.0. The summed E-state index contributed by atoms with van der Waals surface area (Å²) in [5.41, 5.74) is 6.41. The monoisotopic (exact) mass is 319 g/mol. The summed E-state index contributed by atoms with van der Waals surface area (Å²) in [7, 11) is 0. The highest BCUT2D eigenvalue weighted by molar-refractivity contribution is 6.30. The minimum absolute atomic E-state index is 0.0270. The predicted octanol–water partition coefficient (Wildman–Crippen LogP) is 2.52. The van der Waals surface area contributed by atoms with Gasteiger partial charge in [0.1, 0.15) is 17.4 Å². The molecule has 0 aromatic carbocycles. The Balaban J connectivity index is 2.28. The highest BCUT2D eigenvalue weighted by Crippen LogP contribution is 2.26. The van der Waals surface area contributed by atoms with E-state index >= 15 is 0 Å². The summed E-state index contributed by atoms with van der Waals surface area (Å²) in [6, 6.07) is 1.40. The van der Waals surface area contributed by atoms with Crippen LogP contribution in [0.25, 0.3) is 0 Å². The van der Waals surface area contributed by atoms with Crippen molar-refractivity contribution in [1.82, 2.24) is 4.57 Å². The fourth-order valence-corrected chi connectivity index (χ4v) is 2.65. The van der Waals surface area contributed by atoms with Crippen molar-refractivity contribution in [2.24, 2.45) is 5.73 Å². The summed E-state index contributed by atoms with van der Waals surface area (Å²) in [6.07, 6.45) is 6.49. The van der Waals surface area contributed by atoms with Gasteiger partial charge in [-0.05, 0) is 30.6 Å². The number of pyridine rings is 1. The van der Waals surface area contributed by atoms with Crippen molar-refractivity contribution in [3.63, 3.8) is 0 Å². The first-order chi connectivity index (χ1) is 10.5. The van der Waals surface area contributed by atoms with Crippen molar-refractivity contribution in [3.05, 3.63) is 65.0 Å². The highest BCUT2D eigenvalue weighted by atomic mass is 35.5. The van der Waals surface area contributed by atoms with Crippen LogP contribution in [-0.4, -0.2) is 16.6 Å². The Kier molecular flexibility index (Phi) is 4.88. The van der Waals surface area contributed by atoms with Crippen LogP contribution in [0, 0.1) is 5.41 Å². The molecule has 1 amide bonds. The summed E-state index contributed by atoms with van der Waals surface area (Å²) >= 11 is 5.99. The smallest absolute Gasteiger partial charge is 0.252 e. The van der Waals surface area contributed by atoms with Crippen LogP contribution < -0.4 is 11.2 Å². The molecule has 22 heavy (non-hydrogen) atoms. The van der Waals surface area contributed by atoms with Crippen LogP contribution in [0.3, 0.4) is 0 Å². The molecule has 0 saturated heterocycles. The van der Waals surface area contributed by atoms with Gasteiger partial charge < -0.3 is 15.0 Å². The molecule has 1 aromatic rings. The van der Waals surface area contributed by atoms with E-state index < -0.39 is 5.91 Å². The summed E-state index contributed by atoms with van der Waals surface area (Å²) in [6.45, 7) is 7.90. The Morgan fingerprint density at radius 3 is 2.86 bits per heavy atom. The molecule has 0 fully saturated rings. The summed E-state index contributed by atoms with van der Waals surface area (Å²) < 4.78 is 7.44. The number of hydrogen-bond donors (Lipinski definition) is 2. The van der Waals surface area contributed by atoms with Crippen molar-refractivity contribution in [2.75, 3.05) is 0 Å². The molecule has 2 heterocycles. The van der Waals surface area contributed by atoms with Crippen molar-refractivity contribution < 1.29 is 9.53 Å². The number of nitrogens with two attached hydrogens (primary N) is 1. The molecule has 0 radical (unpaired) electrons. The number of ether oxygens (including phenoxy) is 1. The van der Waals surface area contributed by atoms with E-state index in [9.17, 15) is 4.79 Å². The van der Waals surface area contributed by atoms with Crippen LogP contribution in [0.15, 0.2) is 48.9 Å². The first kappa shape index (κ1) is 16.1.